The minimum atomic E-state index is 0.287. The zero-order valence-electron chi connectivity index (χ0n) is 14.2. The van der Waals surface area contributed by atoms with Gasteiger partial charge in [0.1, 0.15) is 0 Å². The van der Waals surface area contributed by atoms with Crippen molar-refractivity contribution in [2.24, 2.45) is 5.92 Å². The summed E-state index contributed by atoms with van der Waals surface area (Å²) in [5.41, 5.74) is 0.287. The Morgan fingerprint density at radius 3 is 2.67 bits per heavy atom. The summed E-state index contributed by atoms with van der Waals surface area (Å²) in [7, 11) is 0. The lowest BCUT2D eigenvalue weighted by atomic mass is 9.98. The molecule has 0 aromatic rings. The molecule has 3 fully saturated rings. The number of rotatable bonds is 3. The highest BCUT2D eigenvalue weighted by Crippen LogP contribution is 2.43. The molecule has 1 saturated carbocycles. The highest BCUT2D eigenvalue weighted by atomic mass is 16.5. The van der Waals surface area contributed by atoms with Crippen molar-refractivity contribution in [2.75, 3.05) is 19.6 Å². The summed E-state index contributed by atoms with van der Waals surface area (Å²) < 4.78 is 6.54. The summed E-state index contributed by atoms with van der Waals surface area (Å²) in [6.45, 7) is 10.6. The SMILES string of the molecule is CC(C)C1CN(CC2CCC3(CCCC3)O2)C(C)CCN1. The molecule has 2 saturated heterocycles. The van der Waals surface area contributed by atoms with E-state index >= 15 is 0 Å². The van der Waals surface area contributed by atoms with Gasteiger partial charge in [-0.25, -0.2) is 0 Å². The fourth-order valence-electron chi connectivity index (χ4n) is 4.53. The van der Waals surface area contributed by atoms with E-state index in [0.29, 0.717) is 24.1 Å². The molecule has 0 aromatic heterocycles. The number of nitrogens with zero attached hydrogens (tertiary/aromatic N) is 1. The molecule has 3 rings (SSSR count). The quantitative estimate of drug-likeness (QED) is 0.865. The van der Waals surface area contributed by atoms with Crippen LogP contribution in [0.5, 0.6) is 0 Å². The molecule has 2 aliphatic heterocycles. The van der Waals surface area contributed by atoms with E-state index in [1.165, 1.54) is 51.5 Å². The zero-order valence-corrected chi connectivity index (χ0v) is 14.2. The molecule has 3 nitrogen and oxygen atoms in total. The van der Waals surface area contributed by atoms with Crippen LogP contribution in [0.4, 0.5) is 0 Å². The molecular formula is C18H34N2O. The number of nitrogens with one attached hydrogen (secondary N) is 1. The van der Waals surface area contributed by atoms with Gasteiger partial charge in [0.15, 0.2) is 0 Å². The maximum absolute atomic E-state index is 6.54. The summed E-state index contributed by atoms with van der Waals surface area (Å²) in [5, 5.41) is 3.73. The molecule has 1 aliphatic carbocycles. The lowest BCUT2D eigenvalue weighted by Crippen LogP contribution is -2.45. The standard InChI is InChI=1S/C18H34N2O/c1-14(2)17-13-20(15(3)7-11-19-17)12-16-6-10-18(21-16)8-4-5-9-18/h14-17,19H,4-13H2,1-3H3. The van der Waals surface area contributed by atoms with Crippen LogP contribution >= 0.6 is 0 Å². The molecule has 1 N–H and O–H groups in total. The average Bonchev–Trinajstić information content (AvgIpc) is 3.02. The first-order valence-corrected chi connectivity index (χ1v) is 9.23. The van der Waals surface area contributed by atoms with Gasteiger partial charge in [-0.2, -0.15) is 0 Å². The fraction of sp³-hybridized carbons (Fsp3) is 1.00. The van der Waals surface area contributed by atoms with E-state index in [4.69, 9.17) is 4.74 Å². The highest BCUT2D eigenvalue weighted by Gasteiger charge is 2.42. The Labute approximate surface area is 130 Å². The van der Waals surface area contributed by atoms with E-state index in [2.05, 4.69) is 31.0 Å². The third-order valence-electron chi connectivity index (χ3n) is 6.12. The number of ether oxygens (including phenoxy) is 1. The van der Waals surface area contributed by atoms with Gasteiger partial charge in [0.05, 0.1) is 11.7 Å². The molecule has 0 radical (unpaired) electrons. The number of hydrogen-bond donors (Lipinski definition) is 1. The second-order valence-corrected chi connectivity index (χ2v) is 8.06. The van der Waals surface area contributed by atoms with Gasteiger partial charge in [0, 0.05) is 25.2 Å². The molecule has 3 aliphatic rings. The third kappa shape index (κ3) is 3.62. The van der Waals surface area contributed by atoms with Gasteiger partial charge in [-0.15, -0.1) is 0 Å². The Kier molecular flexibility index (Phi) is 4.92. The van der Waals surface area contributed by atoms with Crippen molar-refractivity contribution >= 4 is 0 Å². The lowest BCUT2D eigenvalue weighted by Gasteiger charge is -2.33. The third-order valence-corrected chi connectivity index (χ3v) is 6.12. The van der Waals surface area contributed by atoms with Gasteiger partial charge in [0.2, 0.25) is 0 Å². The van der Waals surface area contributed by atoms with Gasteiger partial charge in [0.25, 0.3) is 0 Å². The van der Waals surface area contributed by atoms with Crippen LogP contribution in [0, 0.1) is 5.92 Å². The topological polar surface area (TPSA) is 24.5 Å². The maximum Gasteiger partial charge on any atom is 0.0710 e. The second-order valence-electron chi connectivity index (χ2n) is 8.06. The molecule has 0 amide bonds. The van der Waals surface area contributed by atoms with Crippen molar-refractivity contribution in [3.8, 4) is 0 Å². The van der Waals surface area contributed by atoms with E-state index in [-0.39, 0.29) is 5.60 Å². The maximum atomic E-state index is 6.54. The van der Waals surface area contributed by atoms with Crippen molar-refractivity contribution in [3.63, 3.8) is 0 Å². The molecule has 122 valence electrons. The monoisotopic (exact) mass is 294 g/mol. The largest absolute Gasteiger partial charge is 0.370 e. The van der Waals surface area contributed by atoms with Crippen LogP contribution in [0.3, 0.4) is 0 Å². The average molecular weight is 294 g/mol. The van der Waals surface area contributed by atoms with Crippen LogP contribution in [-0.2, 0) is 4.74 Å². The van der Waals surface area contributed by atoms with Crippen LogP contribution in [0.25, 0.3) is 0 Å². The molecular weight excluding hydrogens is 260 g/mol. The zero-order chi connectivity index (χ0) is 14.9. The first-order valence-electron chi connectivity index (χ1n) is 9.23. The first kappa shape index (κ1) is 15.8. The van der Waals surface area contributed by atoms with Gasteiger partial charge in [-0.3, -0.25) is 4.90 Å². The minimum absolute atomic E-state index is 0.287. The van der Waals surface area contributed by atoms with Crippen LogP contribution < -0.4 is 5.32 Å². The summed E-state index contributed by atoms with van der Waals surface area (Å²) in [6.07, 6.45) is 9.73. The van der Waals surface area contributed by atoms with Crippen molar-refractivity contribution in [1.82, 2.24) is 10.2 Å². The molecule has 2 heterocycles. The Hall–Kier alpha value is -0.120. The first-order chi connectivity index (χ1) is 10.1. The van der Waals surface area contributed by atoms with E-state index in [0.717, 1.165) is 13.1 Å². The molecule has 21 heavy (non-hydrogen) atoms. The van der Waals surface area contributed by atoms with Crippen LogP contribution in [-0.4, -0.2) is 48.3 Å². The van der Waals surface area contributed by atoms with Gasteiger partial charge >= 0.3 is 0 Å². The minimum Gasteiger partial charge on any atom is -0.370 e. The molecule has 3 unspecified atom stereocenters. The summed E-state index contributed by atoms with van der Waals surface area (Å²) in [6, 6.07) is 1.32. The highest BCUT2D eigenvalue weighted by molar-refractivity contribution is 4.94. The Morgan fingerprint density at radius 1 is 1.19 bits per heavy atom. The summed E-state index contributed by atoms with van der Waals surface area (Å²) in [5.74, 6) is 0.712. The van der Waals surface area contributed by atoms with Crippen molar-refractivity contribution in [3.05, 3.63) is 0 Å². The molecule has 0 bridgehead atoms. The van der Waals surface area contributed by atoms with Crippen LogP contribution in [0.1, 0.15) is 65.7 Å². The molecule has 3 heteroatoms. The predicted molar refractivity (Wildman–Crippen MR) is 87.6 cm³/mol. The number of hydrogen-bond acceptors (Lipinski definition) is 3. The van der Waals surface area contributed by atoms with Crippen LogP contribution in [0.15, 0.2) is 0 Å². The second kappa shape index (κ2) is 6.55. The molecule has 1 spiro atoms. The van der Waals surface area contributed by atoms with Crippen molar-refractivity contribution in [2.45, 2.75) is 89.5 Å². The van der Waals surface area contributed by atoms with Crippen molar-refractivity contribution < 1.29 is 4.74 Å². The summed E-state index contributed by atoms with van der Waals surface area (Å²) >= 11 is 0. The Balaban J connectivity index is 1.57. The normalized spacial score (nSPS) is 37.4. The van der Waals surface area contributed by atoms with E-state index in [9.17, 15) is 0 Å². The Bertz CT molecular complexity index is 338. The van der Waals surface area contributed by atoms with Crippen molar-refractivity contribution in [1.29, 1.82) is 0 Å². The lowest BCUT2D eigenvalue weighted by molar-refractivity contribution is -0.0511. The van der Waals surface area contributed by atoms with E-state index in [1.54, 1.807) is 0 Å². The van der Waals surface area contributed by atoms with E-state index in [1.807, 2.05) is 0 Å². The fourth-order valence-corrected chi connectivity index (χ4v) is 4.53. The van der Waals surface area contributed by atoms with Gasteiger partial charge in [-0.1, -0.05) is 26.7 Å². The summed E-state index contributed by atoms with van der Waals surface area (Å²) in [4.78, 5) is 2.70. The predicted octanol–water partition coefficient (Wildman–Crippen LogP) is 3.19. The van der Waals surface area contributed by atoms with Crippen LogP contribution in [0.2, 0.25) is 0 Å². The van der Waals surface area contributed by atoms with E-state index < -0.39 is 0 Å². The molecule has 0 aromatic carbocycles. The molecule has 3 atom stereocenters. The van der Waals surface area contributed by atoms with Gasteiger partial charge in [-0.05, 0) is 51.5 Å². The smallest absolute Gasteiger partial charge is 0.0710 e. The Morgan fingerprint density at radius 2 is 1.95 bits per heavy atom. The van der Waals surface area contributed by atoms with Gasteiger partial charge < -0.3 is 10.1 Å².